The van der Waals surface area contributed by atoms with E-state index in [0.29, 0.717) is 44.4 Å². The Balaban J connectivity index is 1.57. The minimum absolute atomic E-state index is 0.0746. The number of rotatable bonds is 8. The molecule has 174 valence electrons. The number of nitrogens with one attached hydrogen (secondary N) is 2. The van der Waals surface area contributed by atoms with Crippen LogP contribution in [0.25, 0.3) is 0 Å². The molecule has 1 aromatic heterocycles. The normalized spacial score (nSPS) is 10.8. The van der Waals surface area contributed by atoms with Gasteiger partial charge in [-0.3, -0.25) is 4.79 Å². The molecule has 0 atom stereocenters. The molecule has 0 aliphatic rings. The number of thiazole rings is 1. The Hall–Kier alpha value is -2.32. The summed E-state index contributed by atoms with van der Waals surface area (Å²) in [6, 6.07) is 11.9. The second-order valence-corrected chi connectivity index (χ2v) is 9.75. The predicted octanol–water partition coefficient (Wildman–Crippen LogP) is 6.52. The van der Waals surface area contributed by atoms with Crippen LogP contribution in [0.2, 0.25) is 15.1 Å². The molecule has 6 nitrogen and oxygen atoms in total. The van der Waals surface area contributed by atoms with Gasteiger partial charge in [0.2, 0.25) is 0 Å². The second kappa shape index (κ2) is 11.7. The zero-order chi connectivity index (χ0) is 24.0. The lowest BCUT2D eigenvalue weighted by Gasteiger charge is -2.26. The van der Waals surface area contributed by atoms with Crippen molar-refractivity contribution in [2.45, 2.75) is 32.9 Å². The van der Waals surface area contributed by atoms with E-state index in [1.807, 2.05) is 19.9 Å². The zero-order valence-electron chi connectivity index (χ0n) is 18.1. The molecule has 0 spiro atoms. The number of aromatic nitrogens is 1. The summed E-state index contributed by atoms with van der Waals surface area (Å²) in [7, 11) is 0. The van der Waals surface area contributed by atoms with Gasteiger partial charge < -0.3 is 15.5 Å². The van der Waals surface area contributed by atoms with Gasteiger partial charge in [0.05, 0.1) is 6.54 Å². The summed E-state index contributed by atoms with van der Waals surface area (Å²) in [5.74, 6) is -0.276. The Labute approximate surface area is 211 Å². The van der Waals surface area contributed by atoms with Crippen LogP contribution in [-0.4, -0.2) is 34.4 Å². The summed E-state index contributed by atoms with van der Waals surface area (Å²) in [4.78, 5) is 31.3. The molecule has 0 unspecified atom stereocenters. The molecule has 0 aliphatic heterocycles. The SMILES string of the molecule is CC(C)N(Cc1nc(C(=O)NCCc2ccc(Cl)cc2Cl)cs1)C(=O)Nc1cccc(Cl)c1. The number of benzene rings is 2. The molecule has 3 amide bonds. The average Bonchev–Trinajstić information content (AvgIpc) is 3.22. The summed E-state index contributed by atoms with van der Waals surface area (Å²) < 4.78 is 0. The van der Waals surface area contributed by atoms with E-state index in [2.05, 4.69) is 15.6 Å². The number of carbonyl (C=O) groups is 2. The van der Waals surface area contributed by atoms with E-state index < -0.39 is 0 Å². The molecular formula is C23H23Cl3N4O2S. The molecule has 10 heteroatoms. The van der Waals surface area contributed by atoms with Crippen LogP contribution in [0.4, 0.5) is 10.5 Å². The first kappa shape index (κ1) is 25.3. The van der Waals surface area contributed by atoms with Crippen LogP contribution in [0.15, 0.2) is 47.8 Å². The molecule has 0 aliphatic carbocycles. The van der Waals surface area contributed by atoms with Crippen LogP contribution in [0.3, 0.4) is 0 Å². The number of hydrogen-bond donors (Lipinski definition) is 2. The molecular weight excluding hydrogens is 503 g/mol. The lowest BCUT2D eigenvalue weighted by atomic mass is 10.1. The van der Waals surface area contributed by atoms with Gasteiger partial charge >= 0.3 is 6.03 Å². The minimum atomic E-state index is -0.276. The number of urea groups is 1. The highest BCUT2D eigenvalue weighted by Crippen LogP contribution is 2.21. The topological polar surface area (TPSA) is 74.3 Å². The molecule has 2 aromatic carbocycles. The molecule has 3 rings (SSSR count). The van der Waals surface area contributed by atoms with Gasteiger partial charge in [-0.1, -0.05) is 46.9 Å². The van der Waals surface area contributed by atoms with E-state index in [1.165, 1.54) is 11.3 Å². The van der Waals surface area contributed by atoms with Crippen molar-refractivity contribution < 1.29 is 9.59 Å². The number of hydrogen-bond acceptors (Lipinski definition) is 4. The molecule has 2 N–H and O–H groups in total. The first-order valence-electron chi connectivity index (χ1n) is 10.2. The van der Waals surface area contributed by atoms with Crippen molar-refractivity contribution in [2.24, 2.45) is 0 Å². The largest absolute Gasteiger partial charge is 0.350 e. The summed E-state index contributed by atoms with van der Waals surface area (Å²) in [5.41, 5.74) is 1.83. The van der Waals surface area contributed by atoms with E-state index in [4.69, 9.17) is 34.8 Å². The highest BCUT2D eigenvalue weighted by molar-refractivity contribution is 7.09. The van der Waals surface area contributed by atoms with Crippen LogP contribution in [0.1, 0.15) is 34.9 Å². The number of anilines is 1. The smallest absolute Gasteiger partial charge is 0.322 e. The Morgan fingerprint density at radius 1 is 1.09 bits per heavy atom. The summed E-state index contributed by atoms with van der Waals surface area (Å²) >= 11 is 19.4. The van der Waals surface area contributed by atoms with E-state index in [1.54, 1.807) is 46.7 Å². The summed E-state index contributed by atoms with van der Waals surface area (Å²) in [6.07, 6.45) is 0.573. The Morgan fingerprint density at radius 3 is 2.55 bits per heavy atom. The van der Waals surface area contributed by atoms with Gasteiger partial charge in [-0.05, 0) is 56.2 Å². The molecule has 0 radical (unpaired) electrons. The van der Waals surface area contributed by atoms with E-state index in [0.717, 1.165) is 5.56 Å². The maximum atomic E-state index is 12.8. The van der Waals surface area contributed by atoms with Crippen molar-refractivity contribution in [3.8, 4) is 0 Å². The maximum absolute atomic E-state index is 12.8. The van der Waals surface area contributed by atoms with Crippen molar-refractivity contribution in [2.75, 3.05) is 11.9 Å². The van der Waals surface area contributed by atoms with Crippen molar-refractivity contribution in [1.29, 1.82) is 0 Å². The van der Waals surface area contributed by atoms with Crippen molar-refractivity contribution in [1.82, 2.24) is 15.2 Å². The van der Waals surface area contributed by atoms with E-state index in [9.17, 15) is 9.59 Å². The van der Waals surface area contributed by atoms with Gasteiger partial charge in [-0.15, -0.1) is 11.3 Å². The van der Waals surface area contributed by atoms with Crippen LogP contribution >= 0.6 is 46.1 Å². The Kier molecular flexibility index (Phi) is 8.97. The molecule has 33 heavy (non-hydrogen) atoms. The Bertz CT molecular complexity index is 1140. The van der Waals surface area contributed by atoms with Gasteiger partial charge in [-0.25, -0.2) is 9.78 Å². The lowest BCUT2D eigenvalue weighted by molar-refractivity contribution is 0.0949. The van der Waals surface area contributed by atoms with Crippen molar-refractivity contribution in [3.05, 3.63) is 79.2 Å². The zero-order valence-corrected chi connectivity index (χ0v) is 21.2. The van der Waals surface area contributed by atoms with Gasteiger partial charge in [-0.2, -0.15) is 0 Å². The standard InChI is InChI=1S/C23H23Cl3N4O2S/c1-14(2)30(23(32)28-18-5-3-4-16(24)10-18)12-21-29-20(13-33-21)22(31)27-9-8-15-6-7-17(25)11-19(15)26/h3-7,10-11,13-14H,8-9,12H2,1-2H3,(H,27,31)(H,28,32). The van der Waals surface area contributed by atoms with Crippen molar-refractivity contribution in [3.63, 3.8) is 0 Å². The van der Waals surface area contributed by atoms with Crippen LogP contribution in [0, 0.1) is 0 Å². The van der Waals surface area contributed by atoms with E-state index in [-0.39, 0.29) is 24.5 Å². The number of amides is 3. The summed E-state index contributed by atoms with van der Waals surface area (Å²) in [6.45, 7) is 4.52. The quantitative estimate of drug-likeness (QED) is 0.352. The Morgan fingerprint density at radius 2 is 1.85 bits per heavy atom. The van der Waals surface area contributed by atoms with E-state index >= 15 is 0 Å². The second-order valence-electron chi connectivity index (χ2n) is 7.53. The highest BCUT2D eigenvalue weighted by Gasteiger charge is 2.20. The first-order chi connectivity index (χ1) is 15.7. The third-order valence-corrected chi connectivity index (χ3v) is 6.40. The minimum Gasteiger partial charge on any atom is -0.350 e. The molecule has 0 saturated carbocycles. The predicted molar refractivity (Wildman–Crippen MR) is 136 cm³/mol. The monoisotopic (exact) mass is 524 g/mol. The first-order valence-corrected chi connectivity index (χ1v) is 12.2. The van der Waals surface area contributed by atoms with Gasteiger partial charge in [0.1, 0.15) is 10.7 Å². The fourth-order valence-electron chi connectivity index (χ4n) is 3.01. The van der Waals surface area contributed by atoms with Crippen LogP contribution in [-0.2, 0) is 13.0 Å². The highest BCUT2D eigenvalue weighted by atomic mass is 35.5. The molecule has 0 bridgehead atoms. The number of carbonyl (C=O) groups excluding carboxylic acids is 2. The third kappa shape index (κ3) is 7.33. The molecule has 0 fully saturated rings. The molecule has 0 saturated heterocycles. The lowest BCUT2D eigenvalue weighted by Crippen LogP contribution is -2.39. The van der Waals surface area contributed by atoms with Gasteiger partial charge in [0.25, 0.3) is 5.91 Å². The average molecular weight is 526 g/mol. The molecule has 1 heterocycles. The summed E-state index contributed by atoms with van der Waals surface area (Å²) in [5, 5.41) is 9.72. The number of nitrogens with zero attached hydrogens (tertiary/aromatic N) is 2. The molecule has 3 aromatic rings. The number of halogens is 3. The fourth-order valence-corrected chi connectivity index (χ4v) is 4.47. The third-order valence-electron chi connectivity index (χ3n) is 4.75. The van der Waals surface area contributed by atoms with Crippen LogP contribution in [0.5, 0.6) is 0 Å². The fraction of sp³-hybridized carbons (Fsp3) is 0.261. The van der Waals surface area contributed by atoms with Crippen molar-refractivity contribution >= 4 is 63.8 Å². The van der Waals surface area contributed by atoms with Crippen LogP contribution < -0.4 is 10.6 Å². The van der Waals surface area contributed by atoms with Gasteiger partial charge in [0, 0.05) is 38.7 Å². The maximum Gasteiger partial charge on any atom is 0.322 e. The van der Waals surface area contributed by atoms with Gasteiger partial charge in [0.15, 0.2) is 0 Å².